The van der Waals surface area contributed by atoms with Gasteiger partial charge in [-0.05, 0) is 25.0 Å². The van der Waals surface area contributed by atoms with Crippen LogP contribution in [0.5, 0.6) is 0 Å². The van der Waals surface area contributed by atoms with Gasteiger partial charge in [-0.15, -0.1) is 0 Å². The summed E-state index contributed by atoms with van der Waals surface area (Å²) in [4.78, 5) is 16.1. The van der Waals surface area contributed by atoms with Gasteiger partial charge in [0.1, 0.15) is 5.82 Å². The summed E-state index contributed by atoms with van der Waals surface area (Å²) in [5.41, 5.74) is 0.651. The molecular formula is C15H19FN2O. The third-order valence-electron chi connectivity index (χ3n) is 4.24. The van der Waals surface area contributed by atoms with E-state index in [1.807, 2.05) is 15.9 Å². The third-order valence-corrected chi connectivity index (χ3v) is 4.24. The Balaban J connectivity index is 1.60. The molecule has 2 aliphatic rings. The van der Waals surface area contributed by atoms with Crippen LogP contribution in [0.25, 0.3) is 0 Å². The molecule has 19 heavy (non-hydrogen) atoms. The average molecular weight is 262 g/mol. The van der Waals surface area contributed by atoms with Crippen molar-refractivity contribution in [1.82, 2.24) is 4.90 Å². The predicted octanol–water partition coefficient (Wildman–Crippen LogP) is 2.27. The first-order chi connectivity index (χ1) is 9.25. The van der Waals surface area contributed by atoms with Gasteiger partial charge in [-0.2, -0.15) is 0 Å². The number of anilines is 1. The van der Waals surface area contributed by atoms with Crippen LogP contribution in [-0.4, -0.2) is 37.0 Å². The zero-order valence-corrected chi connectivity index (χ0v) is 11.0. The molecule has 0 atom stereocenters. The van der Waals surface area contributed by atoms with Crippen LogP contribution in [0.3, 0.4) is 0 Å². The van der Waals surface area contributed by atoms with E-state index >= 15 is 0 Å². The number of piperazine rings is 1. The average Bonchev–Trinajstić information content (AvgIpc) is 2.37. The normalized spacial score (nSPS) is 20.3. The Morgan fingerprint density at radius 2 is 1.79 bits per heavy atom. The Kier molecular flexibility index (Phi) is 3.40. The van der Waals surface area contributed by atoms with Crippen molar-refractivity contribution < 1.29 is 9.18 Å². The highest BCUT2D eigenvalue weighted by Gasteiger charge is 2.31. The maximum absolute atomic E-state index is 13.7. The first-order valence-corrected chi connectivity index (χ1v) is 7.04. The number of carbonyl (C=O) groups excluding carboxylic acids is 1. The quantitative estimate of drug-likeness (QED) is 0.816. The van der Waals surface area contributed by atoms with Crippen molar-refractivity contribution in [2.24, 2.45) is 5.92 Å². The van der Waals surface area contributed by atoms with Crippen LogP contribution in [0.4, 0.5) is 10.1 Å². The second kappa shape index (κ2) is 5.19. The van der Waals surface area contributed by atoms with Gasteiger partial charge in [0.25, 0.3) is 0 Å². The topological polar surface area (TPSA) is 23.6 Å². The van der Waals surface area contributed by atoms with Crippen molar-refractivity contribution in [2.45, 2.75) is 19.3 Å². The van der Waals surface area contributed by atoms with Crippen LogP contribution in [-0.2, 0) is 4.79 Å². The minimum absolute atomic E-state index is 0.179. The van der Waals surface area contributed by atoms with Gasteiger partial charge in [0.15, 0.2) is 0 Å². The highest BCUT2D eigenvalue weighted by atomic mass is 19.1. The van der Waals surface area contributed by atoms with E-state index < -0.39 is 0 Å². The number of hydrogen-bond donors (Lipinski definition) is 0. The molecule has 4 heteroatoms. The van der Waals surface area contributed by atoms with Crippen molar-refractivity contribution in [1.29, 1.82) is 0 Å². The van der Waals surface area contributed by atoms with Crippen molar-refractivity contribution in [3.05, 3.63) is 30.1 Å². The molecule has 0 radical (unpaired) electrons. The molecule has 3 rings (SSSR count). The standard InChI is InChI=1S/C15H19FN2O/c16-13-6-1-2-7-14(13)17-8-10-18(11-9-17)15(19)12-4-3-5-12/h1-2,6-7,12H,3-5,8-11H2. The highest BCUT2D eigenvalue weighted by molar-refractivity contribution is 5.79. The lowest BCUT2D eigenvalue weighted by molar-refractivity contribution is -0.138. The first kappa shape index (κ1) is 12.5. The van der Waals surface area contributed by atoms with E-state index in [4.69, 9.17) is 0 Å². The lowest BCUT2D eigenvalue weighted by Gasteiger charge is -2.39. The van der Waals surface area contributed by atoms with Crippen molar-refractivity contribution in [3.63, 3.8) is 0 Å². The van der Waals surface area contributed by atoms with Crippen LogP contribution >= 0.6 is 0 Å². The molecule has 1 saturated carbocycles. The highest BCUT2D eigenvalue weighted by Crippen LogP contribution is 2.29. The summed E-state index contributed by atoms with van der Waals surface area (Å²) in [6, 6.07) is 6.85. The fraction of sp³-hybridized carbons (Fsp3) is 0.533. The zero-order chi connectivity index (χ0) is 13.2. The third kappa shape index (κ3) is 2.44. The molecule has 3 nitrogen and oxygen atoms in total. The Morgan fingerprint density at radius 1 is 1.11 bits per heavy atom. The zero-order valence-electron chi connectivity index (χ0n) is 11.0. The van der Waals surface area contributed by atoms with Gasteiger partial charge in [-0.25, -0.2) is 4.39 Å². The number of rotatable bonds is 2. The Bertz CT molecular complexity index is 465. The Labute approximate surface area is 113 Å². The van der Waals surface area contributed by atoms with Crippen LogP contribution in [0, 0.1) is 11.7 Å². The number of amides is 1. The summed E-state index contributed by atoms with van der Waals surface area (Å²) in [5.74, 6) is 0.390. The minimum atomic E-state index is -0.179. The largest absolute Gasteiger partial charge is 0.366 e. The lowest BCUT2D eigenvalue weighted by atomic mass is 9.84. The Hall–Kier alpha value is -1.58. The van der Waals surface area contributed by atoms with Crippen LogP contribution < -0.4 is 4.90 Å². The maximum Gasteiger partial charge on any atom is 0.225 e. The van der Waals surface area contributed by atoms with E-state index in [0.29, 0.717) is 24.7 Å². The molecule has 102 valence electrons. The first-order valence-electron chi connectivity index (χ1n) is 7.04. The number of benzene rings is 1. The summed E-state index contributed by atoms with van der Waals surface area (Å²) in [5, 5.41) is 0. The van der Waals surface area contributed by atoms with Crippen molar-refractivity contribution in [2.75, 3.05) is 31.1 Å². The van der Waals surface area contributed by atoms with Gasteiger partial charge in [-0.1, -0.05) is 18.6 Å². The number of halogens is 1. The molecule has 2 fully saturated rings. The summed E-state index contributed by atoms with van der Waals surface area (Å²) in [6.07, 6.45) is 3.28. The van der Waals surface area contributed by atoms with E-state index in [0.717, 1.165) is 25.9 Å². The van der Waals surface area contributed by atoms with E-state index in [-0.39, 0.29) is 11.7 Å². The number of hydrogen-bond acceptors (Lipinski definition) is 2. The van der Waals surface area contributed by atoms with E-state index in [1.165, 1.54) is 12.5 Å². The molecule has 0 bridgehead atoms. The number of nitrogens with zero attached hydrogens (tertiary/aromatic N) is 2. The molecule has 1 heterocycles. The maximum atomic E-state index is 13.7. The molecule has 1 saturated heterocycles. The SMILES string of the molecule is O=C(C1CCC1)N1CCN(c2ccccc2F)CC1. The lowest BCUT2D eigenvalue weighted by Crippen LogP contribution is -2.51. The molecule has 1 aliphatic carbocycles. The molecule has 1 aromatic rings. The van der Waals surface area contributed by atoms with Crippen LogP contribution in [0.15, 0.2) is 24.3 Å². The second-order valence-corrected chi connectivity index (χ2v) is 5.39. The van der Waals surface area contributed by atoms with Crippen LogP contribution in [0.1, 0.15) is 19.3 Å². The summed E-state index contributed by atoms with van der Waals surface area (Å²) >= 11 is 0. The van der Waals surface area contributed by atoms with Gasteiger partial charge in [0.05, 0.1) is 5.69 Å². The van der Waals surface area contributed by atoms with E-state index in [1.54, 1.807) is 12.1 Å². The summed E-state index contributed by atoms with van der Waals surface area (Å²) in [7, 11) is 0. The minimum Gasteiger partial charge on any atom is -0.366 e. The molecule has 0 unspecified atom stereocenters. The Morgan fingerprint density at radius 3 is 2.37 bits per heavy atom. The molecule has 1 aliphatic heterocycles. The fourth-order valence-electron chi connectivity index (χ4n) is 2.79. The van der Waals surface area contributed by atoms with Crippen LogP contribution in [0.2, 0.25) is 0 Å². The van der Waals surface area contributed by atoms with Crippen molar-refractivity contribution >= 4 is 11.6 Å². The molecule has 0 N–H and O–H groups in total. The van der Waals surface area contributed by atoms with Gasteiger partial charge in [-0.3, -0.25) is 4.79 Å². The molecule has 1 amide bonds. The molecular weight excluding hydrogens is 243 g/mol. The molecule has 0 aromatic heterocycles. The summed E-state index contributed by atoms with van der Waals surface area (Å²) < 4.78 is 13.7. The fourth-order valence-corrected chi connectivity index (χ4v) is 2.79. The van der Waals surface area contributed by atoms with Crippen molar-refractivity contribution in [3.8, 4) is 0 Å². The monoisotopic (exact) mass is 262 g/mol. The van der Waals surface area contributed by atoms with Gasteiger partial charge in [0, 0.05) is 32.1 Å². The van der Waals surface area contributed by atoms with E-state index in [2.05, 4.69) is 0 Å². The van der Waals surface area contributed by atoms with Gasteiger partial charge < -0.3 is 9.80 Å². The number of para-hydroxylation sites is 1. The predicted molar refractivity (Wildman–Crippen MR) is 72.5 cm³/mol. The second-order valence-electron chi connectivity index (χ2n) is 5.39. The molecule has 1 aromatic carbocycles. The summed E-state index contributed by atoms with van der Waals surface area (Å²) in [6.45, 7) is 2.87. The smallest absolute Gasteiger partial charge is 0.225 e. The number of carbonyl (C=O) groups is 1. The van der Waals surface area contributed by atoms with Gasteiger partial charge >= 0.3 is 0 Å². The van der Waals surface area contributed by atoms with Gasteiger partial charge in [0.2, 0.25) is 5.91 Å². The molecule has 0 spiro atoms. The van der Waals surface area contributed by atoms with E-state index in [9.17, 15) is 9.18 Å².